The highest BCUT2D eigenvalue weighted by molar-refractivity contribution is 6.07. The summed E-state index contributed by atoms with van der Waals surface area (Å²) in [4.78, 5) is 20.4. The lowest BCUT2D eigenvalue weighted by atomic mass is 10.0. The van der Waals surface area contributed by atoms with E-state index in [9.17, 15) is 4.79 Å². The van der Waals surface area contributed by atoms with Crippen LogP contribution in [0.3, 0.4) is 0 Å². The number of ether oxygens (including phenoxy) is 3. The summed E-state index contributed by atoms with van der Waals surface area (Å²) in [5.74, 6) is 1.34. The number of amides is 1. The van der Waals surface area contributed by atoms with E-state index >= 15 is 0 Å². The van der Waals surface area contributed by atoms with Crippen molar-refractivity contribution in [2.24, 2.45) is 0 Å². The van der Waals surface area contributed by atoms with E-state index in [4.69, 9.17) is 19.2 Å². The monoisotopic (exact) mass is 447 g/mol. The number of nitrogens with one attached hydrogen (secondary N) is 1. The number of carbonyl (C=O) groups is 1. The average Bonchev–Trinajstić information content (AvgIpc) is 2.82. The molecule has 0 aliphatic carbocycles. The minimum atomic E-state index is -0.0956. The van der Waals surface area contributed by atoms with Crippen molar-refractivity contribution in [3.05, 3.63) is 54.1 Å². The van der Waals surface area contributed by atoms with Gasteiger partial charge in [0.15, 0.2) is 11.5 Å². The molecule has 2 aliphatic rings. The van der Waals surface area contributed by atoms with Crippen LogP contribution in [0.1, 0.15) is 24.2 Å². The Labute approximate surface area is 193 Å². The second kappa shape index (κ2) is 9.37. The van der Waals surface area contributed by atoms with Crippen LogP contribution in [0.15, 0.2) is 48.5 Å². The summed E-state index contributed by atoms with van der Waals surface area (Å²) in [6.45, 7) is 8.38. The van der Waals surface area contributed by atoms with Gasteiger partial charge in [-0.3, -0.25) is 9.69 Å². The van der Waals surface area contributed by atoms with Crippen molar-refractivity contribution in [3.63, 3.8) is 0 Å². The fourth-order valence-corrected chi connectivity index (χ4v) is 4.60. The van der Waals surface area contributed by atoms with E-state index in [1.54, 1.807) is 0 Å². The van der Waals surface area contributed by atoms with Crippen LogP contribution in [-0.4, -0.2) is 67.4 Å². The molecule has 2 aliphatic heterocycles. The number of hydrogen-bond donors (Lipinski definition) is 1. The van der Waals surface area contributed by atoms with Gasteiger partial charge in [-0.25, -0.2) is 4.98 Å². The number of rotatable bonds is 5. The Balaban J connectivity index is 1.37. The maximum absolute atomic E-state index is 13.2. The van der Waals surface area contributed by atoms with Crippen LogP contribution in [0.5, 0.6) is 11.5 Å². The number of morpholine rings is 1. The van der Waals surface area contributed by atoms with Gasteiger partial charge in [-0.1, -0.05) is 18.2 Å². The van der Waals surface area contributed by atoms with Crippen LogP contribution >= 0.6 is 0 Å². The first kappa shape index (κ1) is 21.7. The summed E-state index contributed by atoms with van der Waals surface area (Å²) in [5, 5.41) is 3.94. The van der Waals surface area contributed by atoms with Crippen molar-refractivity contribution in [1.82, 2.24) is 15.2 Å². The lowest BCUT2D eigenvalue weighted by Crippen LogP contribution is -2.47. The first-order chi connectivity index (χ1) is 16.1. The second-order valence-electron chi connectivity index (χ2n) is 8.70. The third-order valence-corrected chi connectivity index (χ3v) is 6.01. The molecule has 0 bridgehead atoms. The van der Waals surface area contributed by atoms with Crippen LogP contribution < -0.4 is 14.8 Å². The third kappa shape index (κ3) is 4.79. The maximum Gasteiger partial charge on any atom is 0.252 e. The average molecular weight is 448 g/mol. The quantitative estimate of drug-likeness (QED) is 0.645. The molecule has 1 N–H and O–H groups in total. The van der Waals surface area contributed by atoms with Gasteiger partial charge in [0.2, 0.25) is 0 Å². The predicted molar refractivity (Wildman–Crippen MR) is 127 cm³/mol. The minimum Gasteiger partial charge on any atom is -0.486 e. The third-order valence-electron chi connectivity index (χ3n) is 6.01. The van der Waals surface area contributed by atoms with E-state index in [1.165, 1.54) is 0 Å². The van der Waals surface area contributed by atoms with E-state index in [-0.39, 0.29) is 18.1 Å². The Morgan fingerprint density at radius 1 is 1.03 bits per heavy atom. The van der Waals surface area contributed by atoms with Gasteiger partial charge >= 0.3 is 0 Å². The summed E-state index contributed by atoms with van der Waals surface area (Å²) >= 11 is 0. The van der Waals surface area contributed by atoms with Crippen LogP contribution in [0.25, 0.3) is 22.2 Å². The van der Waals surface area contributed by atoms with Crippen molar-refractivity contribution in [2.45, 2.75) is 26.1 Å². The maximum atomic E-state index is 13.2. The summed E-state index contributed by atoms with van der Waals surface area (Å²) in [7, 11) is 0. The molecule has 0 saturated carbocycles. The molecule has 172 valence electrons. The van der Waals surface area contributed by atoms with Gasteiger partial charge in [-0.15, -0.1) is 0 Å². The molecular weight excluding hydrogens is 418 g/mol. The standard InChI is InChI=1S/C26H29N3O4/c1-17-15-29(16-18(2)33-17)10-9-27-26(30)21-14-23(28-22-6-4-3-5-20(21)22)19-7-8-24-25(13-19)32-12-11-31-24/h3-8,13-14,17-18H,9-12,15-16H2,1-2H3,(H,27,30). The first-order valence-corrected chi connectivity index (χ1v) is 11.5. The molecule has 1 saturated heterocycles. The smallest absolute Gasteiger partial charge is 0.252 e. The molecule has 7 nitrogen and oxygen atoms in total. The van der Waals surface area contributed by atoms with Gasteiger partial charge < -0.3 is 19.5 Å². The zero-order chi connectivity index (χ0) is 22.8. The van der Waals surface area contributed by atoms with Crippen LogP contribution in [0.4, 0.5) is 0 Å². The SMILES string of the molecule is CC1CN(CCNC(=O)c2cc(-c3ccc4c(c3)OCCO4)nc3ccccc23)CC(C)O1. The number of nitrogens with zero attached hydrogens (tertiary/aromatic N) is 2. The van der Waals surface area contributed by atoms with Crippen LogP contribution in [0, 0.1) is 0 Å². The van der Waals surface area contributed by atoms with Gasteiger partial charge in [-0.05, 0) is 44.2 Å². The second-order valence-corrected chi connectivity index (χ2v) is 8.70. The molecule has 1 aromatic heterocycles. The summed E-state index contributed by atoms with van der Waals surface area (Å²) in [6.07, 6.45) is 0.421. The number of para-hydroxylation sites is 1. The molecular formula is C26H29N3O4. The van der Waals surface area contributed by atoms with Crippen molar-refractivity contribution in [2.75, 3.05) is 39.4 Å². The molecule has 0 spiro atoms. The Morgan fingerprint density at radius 2 is 1.79 bits per heavy atom. The zero-order valence-corrected chi connectivity index (χ0v) is 19.0. The van der Waals surface area contributed by atoms with Crippen LogP contribution in [-0.2, 0) is 4.74 Å². The first-order valence-electron chi connectivity index (χ1n) is 11.5. The number of carbonyl (C=O) groups excluding carboxylic acids is 1. The van der Waals surface area contributed by atoms with Gasteiger partial charge in [-0.2, -0.15) is 0 Å². The molecule has 7 heteroatoms. The molecule has 2 atom stereocenters. The van der Waals surface area contributed by atoms with E-state index in [1.807, 2.05) is 48.5 Å². The lowest BCUT2D eigenvalue weighted by Gasteiger charge is -2.35. The van der Waals surface area contributed by atoms with Crippen molar-refractivity contribution in [1.29, 1.82) is 0 Å². The van der Waals surface area contributed by atoms with Crippen molar-refractivity contribution in [3.8, 4) is 22.8 Å². The van der Waals surface area contributed by atoms with E-state index in [2.05, 4.69) is 24.1 Å². The van der Waals surface area contributed by atoms with Crippen molar-refractivity contribution < 1.29 is 19.0 Å². The topological polar surface area (TPSA) is 72.9 Å². The van der Waals surface area contributed by atoms with Gasteiger partial charge in [0.25, 0.3) is 5.91 Å². The lowest BCUT2D eigenvalue weighted by molar-refractivity contribution is -0.0672. The normalized spacial score (nSPS) is 20.5. The number of benzene rings is 2. The number of aromatic nitrogens is 1. The van der Waals surface area contributed by atoms with Crippen molar-refractivity contribution >= 4 is 16.8 Å². The summed E-state index contributed by atoms with van der Waals surface area (Å²) in [6, 6.07) is 15.4. The van der Waals surface area contributed by atoms with E-state index < -0.39 is 0 Å². The Morgan fingerprint density at radius 3 is 2.61 bits per heavy atom. The summed E-state index contributed by atoms with van der Waals surface area (Å²) in [5.41, 5.74) is 3.02. The molecule has 33 heavy (non-hydrogen) atoms. The molecule has 5 rings (SSSR count). The highest BCUT2D eigenvalue weighted by Crippen LogP contribution is 2.35. The molecule has 2 unspecified atom stereocenters. The Bertz CT molecular complexity index is 1160. The van der Waals surface area contributed by atoms with E-state index in [0.29, 0.717) is 31.1 Å². The Kier molecular flexibility index (Phi) is 6.15. The number of fused-ring (bicyclic) bond motifs is 2. The summed E-state index contributed by atoms with van der Waals surface area (Å²) < 4.78 is 17.2. The largest absolute Gasteiger partial charge is 0.486 e. The van der Waals surface area contributed by atoms with E-state index in [0.717, 1.165) is 47.5 Å². The molecule has 1 fully saturated rings. The molecule has 2 aromatic carbocycles. The van der Waals surface area contributed by atoms with Gasteiger partial charge in [0.05, 0.1) is 29.0 Å². The molecule has 0 radical (unpaired) electrons. The fraction of sp³-hybridized carbons (Fsp3) is 0.385. The number of hydrogen-bond acceptors (Lipinski definition) is 6. The minimum absolute atomic E-state index is 0.0956. The van der Waals surface area contributed by atoms with Gasteiger partial charge in [0, 0.05) is 37.1 Å². The fourth-order valence-electron chi connectivity index (χ4n) is 4.60. The predicted octanol–water partition coefficient (Wildman–Crippen LogP) is 3.51. The van der Waals surface area contributed by atoms with Gasteiger partial charge in [0.1, 0.15) is 13.2 Å². The van der Waals surface area contributed by atoms with Crippen LogP contribution in [0.2, 0.25) is 0 Å². The molecule has 3 aromatic rings. The zero-order valence-electron chi connectivity index (χ0n) is 19.0. The Hall–Kier alpha value is -3.16. The highest BCUT2D eigenvalue weighted by Gasteiger charge is 2.22. The molecule has 3 heterocycles. The molecule has 1 amide bonds. The highest BCUT2D eigenvalue weighted by atomic mass is 16.6. The number of pyridine rings is 1.